The van der Waals surface area contributed by atoms with E-state index in [1.165, 1.54) is 89.9 Å². The second-order valence-corrected chi connectivity index (χ2v) is 6.34. The molecule has 21 heavy (non-hydrogen) atoms. The molecule has 0 heterocycles. The third-order valence-electron chi connectivity index (χ3n) is 4.09. The Labute approximate surface area is 134 Å². The second-order valence-electron chi connectivity index (χ2n) is 6.34. The number of rotatable bonds is 17. The number of ketones is 1. The SMILES string of the molecule is [CH]CCCCCCCCCCCCCCCC[CH]C(C)=O. The van der Waals surface area contributed by atoms with Gasteiger partial charge in [-0.05, 0) is 26.7 Å². The lowest BCUT2D eigenvalue weighted by Gasteiger charge is -2.03. The van der Waals surface area contributed by atoms with Crippen LogP contribution < -0.4 is 0 Å². The smallest absolute Gasteiger partial charge is 0.133 e. The molecule has 0 N–H and O–H groups in total. The molecule has 1 heteroatoms. The van der Waals surface area contributed by atoms with Gasteiger partial charge in [-0.1, -0.05) is 89.9 Å². The number of unbranched alkanes of at least 4 members (excludes halogenated alkanes) is 15. The van der Waals surface area contributed by atoms with Crippen LogP contribution >= 0.6 is 0 Å². The summed E-state index contributed by atoms with van der Waals surface area (Å²) in [4.78, 5) is 10.7. The van der Waals surface area contributed by atoms with Crippen molar-refractivity contribution in [2.75, 3.05) is 0 Å². The van der Waals surface area contributed by atoms with E-state index in [-0.39, 0.29) is 5.78 Å². The maximum Gasteiger partial charge on any atom is 0.133 e. The predicted octanol–water partition coefficient (Wildman–Crippen LogP) is 6.73. The molecule has 0 saturated heterocycles. The summed E-state index contributed by atoms with van der Waals surface area (Å²) >= 11 is 0. The monoisotopic (exact) mass is 293 g/mol. The van der Waals surface area contributed by atoms with E-state index in [4.69, 9.17) is 6.92 Å². The standard InChI is InChI=1S/C20H37O/c1-3-4-5-6-7-8-9-10-11-12-13-14-15-16-17-18-19-20(2)21/h1,19H,3-18H2,2H3. The van der Waals surface area contributed by atoms with Crippen LogP contribution in [0.2, 0.25) is 0 Å². The van der Waals surface area contributed by atoms with Crippen molar-refractivity contribution in [3.05, 3.63) is 13.3 Å². The Hall–Kier alpha value is -0.330. The Morgan fingerprint density at radius 1 is 0.667 bits per heavy atom. The van der Waals surface area contributed by atoms with E-state index in [9.17, 15) is 4.79 Å². The van der Waals surface area contributed by atoms with Crippen molar-refractivity contribution >= 4 is 5.78 Å². The highest BCUT2D eigenvalue weighted by Crippen LogP contribution is 2.13. The van der Waals surface area contributed by atoms with Crippen molar-refractivity contribution in [2.24, 2.45) is 0 Å². The van der Waals surface area contributed by atoms with Crippen LogP contribution in [0.15, 0.2) is 0 Å². The van der Waals surface area contributed by atoms with Crippen LogP contribution in [0, 0.1) is 13.3 Å². The molecule has 0 atom stereocenters. The molecule has 0 bridgehead atoms. The highest BCUT2D eigenvalue weighted by atomic mass is 16.1. The van der Waals surface area contributed by atoms with Gasteiger partial charge in [0.2, 0.25) is 0 Å². The Morgan fingerprint density at radius 3 is 1.33 bits per heavy atom. The third kappa shape index (κ3) is 19.7. The first kappa shape index (κ1) is 20.7. The first-order chi connectivity index (χ1) is 10.3. The molecule has 0 spiro atoms. The summed E-state index contributed by atoms with van der Waals surface area (Å²) in [6.45, 7) is 7.12. The summed E-state index contributed by atoms with van der Waals surface area (Å²) in [7, 11) is 0. The average molecular weight is 294 g/mol. The van der Waals surface area contributed by atoms with Crippen molar-refractivity contribution in [3.63, 3.8) is 0 Å². The number of carbonyl (C=O) groups is 1. The minimum absolute atomic E-state index is 0.217. The van der Waals surface area contributed by atoms with Crippen LogP contribution in [0.1, 0.15) is 110 Å². The first-order valence-corrected chi connectivity index (χ1v) is 9.31. The van der Waals surface area contributed by atoms with E-state index in [1.807, 2.05) is 6.42 Å². The van der Waals surface area contributed by atoms with Crippen LogP contribution in [-0.4, -0.2) is 5.78 Å². The van der Waals surface area contributed by atoms with Gasteiger partial charge >= 0.3 is 0 Å². The van der Waals surface area contributed by atoms with E-state index in [0.29, 0.717) is 0 Å². The summed E-state index contributed by atoms with van der Waals surface area (Å²) in [5.74, 6) is 0.217. The zero-order valence-electron chi connectivity index (χ0n) is 14.4. The zero-order valence-corrected chi connectivity index (χ0v) is 14.4. The van der Waals surface area contributed by atoms with Crippen LogP contribution in [0.5, 0.6) is 0 Å². The minimum Gasteiger partial charge on any atom is -0.300 e. The van der Waals surface area contributed by atoms with E-state index >= 15 is 0 Å². The molecule has 1 nitrogen and oxygen atoms in total. The maximum absolute atomic E-state index is 10.7. The third-order valence-corrected chi connectivity index (χ3v) is 4.09. The summed E-state index contributed by atoms with van der Waals surface area (Å²) in [6, 6.07) is 0. The van der Waals surface area contributed by atoms with Crippen molar-refractivity contribution in [1.82, 2.24) is 0 Å². The maximum atomic E-state index is 10.7. The van der Waals surface area contributed by atoms with E-state index in [1.54, 1.807) is 6.92 Å². The molecule has 0 aliphatic rings. The Balaban J connectivity index is 2.95. The van der Waals surface area contributed by atoms with Gasteiger partial charge in [0, 0.05) is 6.42 Å². The fraction of sp³-hybridized carbons (Fsp3) is 0.850. The van der Waals surface area contributed by atoms with Gasteiger partial charge < -0.3 is 0 Å². The fourth-order valence-corrected chi connectivity index (χ4v) is 2.72. The number of Topliss-reactive ketones (excluding diaryl/α,β-unsaturated/α-hetero) is 1. The Bertz CT molecular complexity index is 210. The molecule has 0 rings (SSSR count). The van der Waals surface area contributed by atoms with Crippen molar-refractivity contribution < 1.29 is 4.79 Å². The quantitative estimate of drug-likeness (QED) is 0.272. The second kappa shape index (κ2) is 17.7. The van der Waals surface area contributed by atoms with Gasteiger partial charge in [0.25, 0.3) is 0 Å². The van der Waals surface area contributed by atoms with Gasteiger partial charge in [-0.15, -0.1) is 0 Å². The highest BCUT2D eigenvalue weighted by molar-refractivity contribution is 5.84. The molecule has 123 valence electrons. The van der Waals surface area contributed by atoms with E-state index < -0.39 is 0 Å². The van der Waals surface area contributed by atoms with Gasteiger partial charge in [-0.3, -0.25) is 4.79 Å². The summed E-state index contributed by atoms with van der Waals surface area (Å²) in [5.41, 5.74) is 0. The molecule has 0 aromatic rings. The lowest BCUT2D eigenvalue weighted by atomic mass is 10.0. The zero-order chi connectivity index (χ0) is 15.6. The van der Waals surface area contributed by atoms with Crippen LogP contribution in [0.3, 0.4) is 0 Å². The summed E-state index contributed by atoms with van der Waals surface area (Å²) in [5, 5.41) is 0. The van der Waals surface area contributed by atoms with Crippen LogP contribution in [0.25, 0.3) is 0 Å². The predicted molar refractivity (Wildman–Crippen MR) is 93.2 cm³/mol. The Kier molecular flexibility index (Phi) is 17.4. The molecule has 3 radical (unpaired) electrons. The van der Waals surface area contributed by atoms with Gasteiger partial charge in [0.05, 0.1) is 0 Å². The molecule has 0 amide bonds. The lowest BCUT2D eigenvalue weighted by molar-refractivity contribution is -0.114. The number of hydrogen-bond donors (Lipinski definition) is 0. The molecule has 0 aliphatic carbocycles. The van der Waals surface area contributed by atoms with E-state index in [0.717, 1.165) is 12.8 Å². The normalized spacial score (nSPS) is 11.0. The van der Waals surface area contributed by atoms with Crippen molar-refractivity contribution in [2.45, 2.75) is 110 Å². The highest BCUT2D eigenvalue weighted by Gasteiger charge is 1.96. The molecular formula is C20H37O. The molecule has 0 aromatic heterocycles. The largest absolute Gasteiger partial charge is 0.300 e. The summed E-state index contributed by atoms with van der Waals surface area (Å²) in [6.07, 6.45) is 22.6. The minimum atomic E-state index is 0.217. The number of carbonyl (C=O) groups excluding carboxylic acids is 1. The molecule has 0 saturated carbocycles. The lowest BCUT2D eigenvalue weighted by Crippen LogP contribution is -1.90. The van der Waals surface area contributed by atoms with Gasteiger partial charge in [0.15, 0.2) is 0 Å². The first-order valence-electron chi connectivity index (χ1n) is 9.31. The van der Waals surface area contributed by atoms with Gasteiger partial charge in [0.1, 0.15) is 5.78 Å². The topological polar surface area (TPSA) is 17.1 Å². The molecule has 0 unspecified atom stereocenters. The summed E-state index contributed by atoms with van der Waals surface area (Å²) < 4.78 is 0. The number of hydrogen-bond acceptors (Lipinski definition) is 1. The molecule has 0 aliphatic heterocycles. The van der Waals surface area contributed by atoms with Crippen LogP contribution in [0.4, 0.5) is 0 Å². The molecule has 0 fully saturated rings. The van der Waals surface area contributed by atoms with Crippen molar-refractivity contribution in [3.8, 4) is 0 Å². The molecule has 0 aromatic carbocycles. The Morgan fingerprint density at radius 2 is 1.00 bits per heavy atom. The fourth-order valence-electron chi connectivity index (χ4n) is 2.72. The van der Waals surface area contributed by atoms with Gasteiger partial charge in [-0.25, -0.2) is 0 Å². The van der Waals surface area contributed by atoms with Crippen LogP contribution in [-0.2, 0) is 4.79 Å². The van der Waals surface area contributed by atoms with E-state index in [2.05, 4.69) is 0 Å². The molecular weight excluding hydrogens is 256 g/mol. The van der Waals surface area contributed by atoms with Gasteiger partial charge in [-0.2, -0.15) is 0 Å². The van der Waals surface area contributed by atoms with Crippen molar-refractivity contribution in [1.29, 1.82) is 0 Å². The average Bonchev–Trinajstić information content (AvgIpc) is 2.46.